The second-order valence-electron chi connectivity index (χ2n) is 17.0. The van der Waals surface area contributed by atoms with Gasteiger partial charge in [0.15, 0.2) is 12.1 Å². The monoisotopic (exact) mass is 769 g/mol. The van der Waals surface area contributed by atoms with Crippen LogP contribution in [0.5, 0.6) is 0 Å². The van der Waals surface area contributed by atoms with Gasteiger partial charge in [-0.1, -0.05) is 194 Å². The van der Waals surface area contributed by atoms with Gasteiger partial charge in [0.05, 0.1) is 34.4 Å². The molecule has 0 rings (SSSR count). The lowest BCUT2D eigenvalue weighted by Crippen LogP contribution is -2.50. The Balaban J connectivity index is 4.23. The fraction of sp³-hybridized carbons (Fsp3) is 0.935. The molecule has 0 radical (unpaired) electrons. The van der Waals surface area contributed by atoms with Crippen LogP contribution in [0.25, 0.3) is 0 Å². The number of rotatable bonds is 42. The van der Waals surface area contributed by atoms with Crippen LogP contribution in [0.2, 0.25) is 0 Å². The van der Waals surface area contributed by atoms with E-state index in [2.05, 4.69) is 13.8 Å². The molecular formula is C46H90NO7+. The van der Waals surface area contributed by atoms with Crippen LogP contribution in [0.4, 0.5) is 0 Å². The van der Waals surface area contributed by atoms with Crippen LogP contribution in [0.3, 0.4) is 0 Å². The summed E-state index contributed by atoms with van der Waals surface area (Å²) in [7, 11) is 5.54. The molecule has 2 atom stereocenters. The maximum Gasteiger partial charge on any atom is 0.362 e. The Morgan fingerprint density at radius 1 is 0.481 bits per heavy atom. The highest BCUT2D eigenvalue weighted by Gasteiger charge is 2.31. The van der Waals surface area contributed by atoms with E-state index in [4.69, 9.17) is 14.2 Å². The predicted molar refractivity (Wildman–Crippen MR) is 225 cm³/mol. The molecule has 0 aliphatic heterocycles. The molecule has 0 saturated heterocycles. The first-order chi connectivity index (χ1) is 26.1. The lowest BCUT2D eigenvalue weighted by atomic mass is 10.0. The van der Waals surface area contributed by atoms with Crippen molar-refractivity contribution in [2.75, 3.05) is 41.0 Å². The van der Waals surface area contributed by atoms with Crippen LogP contribution in [0, 0.1) is 0 Å². The van der Waals surface area contributed by atoms with E-state index >= 15 is 0 Å². The molecule has 0 aliphatic rings. The van der Waals surface area contributed by atoms with Crippen LogP contribution in [0.15, 0.2) is 0 Å². The summed E-state index contributed by atoms with van der Waals surface area (Å²) in [5.74, 6) is -1.44. The quantitative estimate of drug-likeness (QED) is 0.0375. The fourth-order valence-electron chi connectivity index (χ4n) is 7.15. The van der Waals surface area contributed by atoms with Crippen molar-refractivity contribution in [3.05, 3.63) is 0 Å². The minimum atomic E-state index is -0.870. The summed E-state index contributed by atoms with van der Waals surface area (Å²) in [6, 6.07) is -0.607. The van der Waals surface area contributed by atoms with Crippen LogP contribution in [0.1, 0.15) is 226 Å². The zero-order valence-electron chi connectivity index (χ0n) is 36.5. The lowest BCUT2D eigenvalue weighted by Gasteiger charge is -2.31. The van der Waals surface area contributed by atoms with Crippen molar-refractivity contribution < 1.29 is 38.2 Å². The van der Waals surface area contributed by atoms with Crippen LogP contribution in [-0.4, -0.2) is 80.6 Å². The largest absolute Gasteiger partial charge is 0.477 e. The smallest absolute Gasteiger partial charge is 0.362 e. The highest BCUT2D eigenvalue weighted by atomic mass is 16.6. The summed E-state index contributed by atoms with van der Waals surface area (Å²) in [5.41, 5.74) is 0. The number of unbranched alkanes of at least 4 members (excludes halogenated alkanes) is 28. The molecule has 0 spiro atoms. The molecule has 0 aromatic carbocycles. The summed E-state index contributed by atoms with van der Waals surface area (Å²) >= 11 is 0. The molecular weight excluding hydrogens is 679 g/mol. The van der Waals surface area contributed by atoms with E-state index in [0.717, 1.165) is 38.5 Å². The van der Waals surface area contributed by atoms with Gasteiger partial charge in [0, 0.05) is 19.3 Å². The van der Waals surface area contributed by atoms with Gasteiger partial charge in [-0.05, 0) is 12.8 Å². The maximum absolute atomic E-state index is 12.7. The molecule has 1 N–H and O–H groups in total. The summed E-state index contributed by atoms with van der Waals surface area (Å²) in [4.78, 5) is 37.0. The van der Waals surface area contributed by atoms with E-state index in [9.17, 15) is 19.5 Å². The number of nitrogens with zero attached hydrogens (tertiary/aromatic N) is 1. The van der Waals surface area contributed by atoms with E-state index in [0.29, 0.717) is 19.3 Å². The first kappa shape index (κ1) is 52.3. The van der Waals surface area contributed by atoms with Crippen LogP contribution in [-0.2, 0) is 28.6 Å². The number of carbonyl (C=O) groups is 3. The van der Waals surface area contributed by atoms with Gasteiger partial charge in [-0.25, -0.2) is 4.79 Å². The molecule has 8 heteroatoms. The third kappa shape index (κ3) is 36.0. The molecule has 0 aromatic rings. The zero-order valence-corrected chi connectivity index (χ0v) is 36.5. The topological polar surface area (TPSA) is 99.1 Å². The molecule has 0 fully saturated rings. The molecule has 0 aromatic heterocycles. The lowest BCUT2D eigenvalue weighted by molar-refractivity contribution is -0.887. The molecule has 0 aliphatic carbocycles. The van der Waals surface area contributed by atoms with Crippen molar-refractivity contribution in [1.82, 2.24) is 0 Å². The summed E-state index contributed by atoms with van der Waals surface area (Å²) in [6.07, 6.45) is 38.5. The Bertz CT molecular complexity index is 858. The first-order valence-corrected chi connectivity index (χ1v) is 23.1. The van der Waals surface area contributed by atoms with Gasteiger partial charge in [0.2, 0.25) is 0 Å². The average molecular weight is 769 g/mol. The van der Waals surface area contributed by atoms with E-state index in [1.54, 1.807) is 0 Å². The Kier molecular flexibility index (Phi) is 37.0. The van der Waals surface area contributed by atoms with Gasteiger partial charge in [0.25, 0.3) is 0 Å². The molecule has 2 unspecified atom stereocenters. The molecule has 320 valence electrons. The number of quaternary nitrogens is 1. The van der Waals surface area contributed by atoms with Crippen molar-refractivity contribution in [2.24, 2.45) is 0 Å². The Morgan fingerprint density at radius 3 is 1.15 bits per heavy atom. The van der Waals surface area contributed by atoms with E-state index in [-0.39, 0.29) is 36.2 Å². The number of carboxylic acids is 1. The van der Waals surface area contributed by atoms with Gasteiger partial charge < -0.3 is 23.8 Å². The Hall–Kier alpha value is -1.67. The number of likely N-dealkylation sites (N-methyl/N-ethyl adjacent to an activating group) is 1. The standard InChI is InChI=1S/C46H89NO7/c1-6-8-10-12-14-16-18-20-21-22-23-24-25-27-28-30-32-34-36-44(48)53-41-42(40-52-39-38-43(46(50)51)47(3,4)5)54-45(49)37-35-33-31-29-26-19-17-15-13-11-9-7-2/h42-43H,6-41H2,1-5H3/p+1. The molecule has 54 heavy (non-hydrogen) atoms. The van der Waals surface area contributed by atoms with Gasteiger partial charge in [-0.15, -0.1) is 0 Å². The number of carbonyl (C=O) groups excluding carboxylic acids is 2. The number of aliphatic carboxylic acids is 1. The number of ether oxygens (including phenoxy) is 3. The predicted octanol–water partition coefficient (Wildman–Crippen LogP) is 12.5. The summed E-state index contributed by atoms with van der Waals surface area (Å²) in [6.45, 7) is 4.77. The van der Waals surface area contributed by atoms with Crippen LogP contribution >= 0.6 is 0 Å². The van der Waals surface area contributed by atoms with Crippen molar-refractivity contribution in [3.8, 4) is 0 Å². The Morgan fingerprint density at radius 2 is 0.815 bits per heavy atom. The number of hydrogen-bond acceptors (Lipinski definition) is 6. The maximum atomic E-state index is 12.7. The van der Waals surface area contributed by atoms with Crippen molar-refractivity contribution >= 4 is 17.9 Å². The fourth-order valence-corrected chi connectivity index (χ4v) is 7.15. The Labute approximate surface area is 334 Å². The summed E-state index contributed by atoms with van der Waals surface area (Å²) < 4.78 is 17.3. The third-order valence-corrected chi connectivity index (χ3v) is 10.8. The number of hydrogen-bond donors (Lipinski definition) is 1. The first-order valence-electron chi connectivity index (χ1n) is 23.1. The second kappa shape index (κ2) is 38.2. The highest BCUT2D eigenvalue weighted by Crippen LogP contribution is 2.16. The van der Waals surface area contributed by atoms with Crippen molar-refractivity contribution in [3.63, 3.8) is 0 Å². The minimum absolute atomic E-state index is 0.0419. The van der Waals surface area contributed by atoms with Gasteiger partial charge in [-0.3, -0.25) is 9.59 Å². The highest BCUT2D eigenvalue weighted by molar-refractivity contribution is 5.72. The number of esters is 2. The molecule has 0 saturated carbocycles. The van der Waals surface area contributed by atoms with Crippen LogP contribution < -0.4 is 0 Å². The number of carboxylic acid groups (broad SMARTS) is 1. The van der Waals surface area contributed by atoms with E-state index in [1.165, 1.54) is 154 Å². The normalized spacial score (nSPS) is 12.8. The van der Waals surface area contributed by atoms with E-state index in [1.807, 2.05) is 21.1 Å². The van der Waals surface area contributed by atoms with Crippen molar-refractivity contribution in [2.45, 2.75) is 238 Å². The van der Waals surface area contributed by atoms with Crippen molar-refractivity contribution in [1.29, 1.82) is 0 Å². The van der Waals surface area contributed by atoms with Gasteiger partial charge >= 0.3 is 17.9 Å². The third-order valence-electron chi connectivity index (χ3n) is 10.8. The molecule has 8 nitrogen and oxygen atoms in total. The molecule has 0 heterocycles. The second-order valence-corrected chi connectivity index (χ2v) is 17.0. The van der Waals surface area contributed by atoms with E-state index < -0.39 is 18.1 Å². The van der Waals surface area contributed by atoms with Gasteiger partial charge in [-0.2, -0.15) is 0 Å². The SMILES string of the molecule is CCCCCCCCCCCCCCCCCCCCC(=O)OCC(COCCC(C(=O)O)[N+](C)(C)C)OC(=O)CCCCCCCCCCCCCC. The molecule has 0 amide bonds. The minimum Gasteiger partial charge on any atom is -0.477 e. The summed E-state index contributed by atoms with van der Waals surface area (Å²) in [5, 5.41) is 9.61. The molecule has 0 bridgehead atoms. The van der Waals surface area contributed by atoms with Gasteiger partial charge in [0.1, 0.15) is 6.61 Å². The average Bonchev–Trinajstić information content (AvgIpc) is 3.12. The zero-order chi connectivity index (χ0) is 40.0.